The Kier molecular flexibility index (Phi) is 5.89. The summed E-state index contributed by atoms with van der Waals surface area (Å²) in [4.78, 5) is 17.9. The van der Waals surface area contributed by atoms with Crippen LogP contribution in [-0.2, 0) is 11.1 Å². The van der Waals surface area contributed by atoms with E-state index in [0.717, 1.165) is 19.4 Å². The molecule has 5 nitrogen and oxygen atoms in total. The summed E-state index contributed by atoms with van der Waals surface area (Å²) in [6, 6.07) is 0. The standard InChI is InChI=1S/C11H21N2O3P/c1-2-3-4-5-6-7-8-13-10-11(9-12-13)17(14,15)16/h9-10H,2-8H2,1H3,(H2,14,15,16). The normalized spacial score (nSPS) is 11.9. The molecule has 0 aliphatic rings. The molecule has 0 aliphatic carbocycles. The molecule has 17 heavy (non-hydrogen) atoms. The number of hydrogen-bond donors (Lipinski definition) is 2. The molecule has 0 amide bonds. The average molecular weight is 260 g/mol. The fraction of sp³-hybridized carbons (Fsp3) is 0.727. The highest BCUT2D eigenvalue weighted by Gasteiger charge is 2.18. The number of unbranched alkanes of at least 4 members (excludes halogenated alkanes) is 5. The molecule has 1 aromatic rings. The average Bonchev–Trinajstić information content (AvgIpc) is 2.71. The smallest absolute Gasteiger partial charge is 0.321 e. The fourth-order valence-corrected chi connectivity index (χ4v) is 2.17. The third-order valence-corrected chi connectivity index (χ3v) is 3.60. The summed E-state index contributed by atoms with van der Waals surface area (Å²) in [5.41, 5.74) is 0. The van der Waals surface area contributed by atoms with Crippen molar-refractivity contribution in [3.8, 4) is 0 Å². The van der Waals surface area contributed by atoms with Crippen LogP contribution in [0.25, 0.3) is 0 Å². The maximum absolute atomic E-state index is 10.9. The number of hydrogen-bond acceptors (Lipinski definition) is 2. The van der Waals surface area contributed by atoms with E-state index in [2.05, 4.69) is 12.0 Å². The first kappa shape index (κ1) is 14.4. The van der Waals surface area contributed by atoms with Crippen molar-refractivity contribution in [3.05, 3.63) is 12.4 Å². The molecule has 0 spiro atoms. The van der Waals surface area contributed by atoms with Crippen LogP contribution in [0.15, 0.2) is 12.4 Å². The predicted octanol–water partition coefficient (Wildman–Crippen LogP) is 2.05. The molecule has 1 rings (SSSR count). The van der Waals surface area contributed by atoms with E-state index >= 15 is 0 Å². The van der Waals surface area contributed by atoms with Crippen molar-refractivity contribution in [2.24, 2.45) is 0 Å². The van der Waals surface area contributed by atoms with E-state index in [0.29, 0.717) is 0 Å². The van der Waals surface area contributed by atoms with Crippen LogP contribution in [0, 0.1) is 0 Å². The van der Waals surface area contributed by atoms with Crippen molar-refractivity contribution in [1.82, 2.24) is 9.78 Å². The third-order valence-electron chi connectivity index (χ3n) is 2.70. The van der Waals surface area contributed by atoms with Gasteiger partial charge in [-0.15, -0.1) is 0 Å². The van der Waals surface area contributed by atoms with Crippen LogP contribution in [0.3, 0.4) is 0 Å². The molecule has 1 aromatic heterocycles. The Hall–Kier alpha value is -0.640. The highest BCUT2D eigenvalue weighted by Crippen LogP contribution is 2.32. The zero-order valence-electron chi connectivity index (χ0n) is 10.2. The number of aromatic nitrogens is 2. The predicted molar refractivity (Wildman–Crippen MR) is 67.3 cm³/mol. The maximum atomic E-state index is 10.9. The quantitative estimate of drug-likeness (QED) is 0.554. The molecular formula is C11H21N2O3P. The highest BCUT2D eigenvalue weighted by atomic mass is 31.2. The summed E-state index contributed by atoms with van der Waals surface area (Å²) in [7, 11) is -4.13. The van der Waals surface area contributed by atoms with E-state index in [-0.39, 0.29) is 5.30 Å². The van der Waals surface area contributed by atoms with E-state index in [1.54, 1.807) is 4.68 Å². The highest BCUT2D eigenvalue weighted by molar-refractivity contribution is 7.60. The van der Waals surface area contributed by atoms with Gasteiger partial charge in [-0.1, -0.05) is 39.0 Å². The lowest BCUT2D eigenvalue weighted by atomic mass is 10.1. The molecule has 0 radical (unpaired) electrons. The van der Waals surface area contributed by atoms with Gasteiger partial charge in [-0.3, -0.25) is 9.25 Å². The molecule has 0 saturated heterocycles. The molecule has 0 saturated carbocycles. The Morgan fingerprint density at radius 1 is 1.24 bits per heavy atom. The second-order valence-corrected chi connectivity index (χ2v) is 5.88. The number of nitrogens with zero attached hydrogens (tertiary/aromatic N) is 2. The molecule has 0 aliphatic heterocycles. The number of rotatable bonds is 8. The van der Waals surface area contributed by atoms with Crippen molar-refractivity contribution < 1.29 is 14.4 Å². The van der Waals surface area contributed by atoms with Gasteiger partial charge in [-0.25, -0.2) is 0 Å². The summed E-state index contributed by atoms with van der Waals surface area (Å²) < 4.78 is 12.5. The Morgan fingerprint density at radius 2 is 1.88 bits per heavy atom. The monoisotopic (exact) mass is 260 g/mol. The molecule has 0 unspecified atom stereocenters. The molecule has 0 atom stereocenters. The van der Waals surface area contributed by atoms with E-state index < -0.39 is 7.60 Å². The van der Waals surface area contributed by atoms with Gasteiger partial charge in [0.2, 0.25) is 0 Å². The van der Waals surface area contributed by atoms with Gasteiger partial charge in [0.1, 0.15) is 5.30 Å². The van der Waals surface area contributed by atoms with Crippen molar-refractivity contribution in [2.75, 3.05) is 0 Å². The van der Waals surface area contributed by atoms with E-state index in [4.69, 9.17) is 9.79 Å². The largest absolute Gasteiger partial charge is 0.359 e. The molecule has 6 heteroatoms. The van der Waals surface area contributed by atoms with Gasteiger partial charge in [0.25, 0.3) is 0 Å². The third kappa shape index (κ3) is 5.48. The Balaban J connectivity index is 2.24. The molecule has 98 valence electrons. The van der Waals surface area contributed by atoms with Gasteiger partial charge < -0.3 is 9.79 Å². The van der Waals surface area contributed by atoms with Crippen LogP contribution >= 0.6 is 7.60 Å². The van der Waals surface area contributed by atoms with Gasteiger partial charge in [-0.2, -0.15) is 5.10 Å². The van der Waals surface area contributed by atoms with Crippen molar-refractivity contribution in [2.45, 2.75) is 52.0 Å². The second-order valence-electron chi connectivity index (χ2n) is 4.27. The molecule has 0 fully saturated rings. The minimum Gasteiger partial charge on any atom is -0.321 e. The van der Waals surface area contributed by atoms with E-state index in [1.807, 2.05) is 0 Å². The van der Waals surface area contributed by atoms with Crippen LogP contribution in [0.2, 0.25) is 0 Å². The summed E-state index contributed by atoms with van der Waals surface area (Å²) in [5.74, 6) is 0. The van der Waals surface area contributed by atoms with Gasteiger partial charge in [-0.05, 0) is 6.42 Å². The zero-order chi connectivity index (χ0) is 12.7. The topological polar surface area (TPSA) is 75.4 Å². The second kappa shape index (κ2) is 6.94. The van der Waals surface area contributed by atoms with Gasteiger partial charge in [0, 0.05) is 12.7 Å². The minimum absolute atomic E-state index is 0.00322. The summed E-state index contributed by atoms with van der Waals surface area (Å²) in [6.45, 7) is 2.92. The fourth-order valence-electron chi connectivity index (χ4n) is 1.68. The summed E-state index contributed by atoms with van der Waals surface area (Å²) in [6.07, 6.45) is 9.85. The minimum atomic E-state index is -4.13. The van der Waals surface area contributed by atoms with Crippen LogP contribution in [-0.4, -0.2) is 19.6 Å². The van der Waals surface area contributed by atoms with Gasteiger partial charge in [0.15, 0.2) is 0 Å². The first-order valence-electron chi connectivity index (χ1n) is 6.12. The molecular weight excluding hydrogens is 239 g/mol. The molecule has 1 heterocycles. The Bertz CT molecular complexity index is 373. The molecule has 0 aromatic carbocycles. The molecule has 2 N–H and O–H groups in total. The first-order chi connectivity index (χ1) is 8.04. The first-order valence-corrected chi connectivity index (χ1v) is 7.74. The van der Waals surface area contributed by atoms with E-state index in [1.165, 1.54) is 38.1 Å². The Morgan fingerprint density at radius 3 is 2.47 bits per heavy atom. The van der Waals surface area contributed by atoms with Crippen molar-refractivity contribution in [1.29, 1.82) is 0 Å². The molecule has 0 bridgehead atoms. The maximum Gasteiger partial charge on any atom is 0.359 e. The van der Waals surface area contributed by atoms with Gasteiger partial charge in [0.05, 0.1) is 6.20 Å². The lowest BCUT2D eigenvalue weighted by molar-refractivity contribution is 0.387. The van der Waals surface area contributed by atoms with Gasteiger partial charge >= 0.3 is 7.60 Å². The van der Waals surface area contributed by atoms with E-state index in [9.17, 15) is 4.57 Å². The lowest BCUT2D eigenvalue weighted by Gasteiger charge is -2.02. The Labute approximate surface area is 102 Å². The zero-order valence-corrected chi connectivity index (χ0v) is 11.1. The van der Waals surface area contributed by atoms with Crippen LogP contribution in [0.1, 0.15) is 45.4 Å². The summed E-state index contributed by atoms with van der Waals surface area (Å²) in [5, 5.41) is 3.94. The summed E-state index contributed by atoms with van der Waals surface area (Å²) >= 11 is 0. The number of aryl methyl sites for hydroxylation is 1. The van der Waals surface area contributed by atoms with Crippen LogP contribution in [0.5, 0.6) is 0 Å². The lowest BCUT2D eigenvalue weighted by Crippen LogP contribution is -2.02. The SMILES string of the molecule is CCCCCCCCn1cc(P(=O)(O)O)cn1. The van der Waals surface area contributed by atoms with Crippen LogP contribution in [0.4, 0.5) is 0 Å². The van der Waals surface area contributed by atoms with Crippen molar-refractivity contribution >= 4 is 12.9 Å². The van der Waals surface area contributed by atoms with Crippen molar-refractivity contribution in [3.63, 3.8) is 0 Å². The van der Waals surface area contributed by atoms with Crippen LogP contribution < -0.4 is 5.30 Å².